The Balaban J connectivity index is 0.000000163. The van der Waals surface area contributed by atoms with Crippen molar-refractivity contribution in [2.24, 2.45) is 17.6 Å². The SMILES string of the molecule is CC(NC(C)(C)C)C(=O)c1cccc(Cl)c1.Cc1c(C)c2c(c(C)c1O)CCC(C)(COc1ccc(CC3SC(=O)NC3=O)cc1)O2.NN.Nc1ccc(S(=O)(=O)Nc2nccs2)cc1.O=C(Nc1c(Cl)cncc1Cl)c1ccc(OC(F)F)c(OCC2CC2)c1.O=c1cc(-c2ccccc2)oc2ccc3ccccc3c12. The van der Waals surface area contributed by atoms with Crippen LogP contribution in [0.15, 0.2) is 202 Å². The number of hydrazine groups is 1. The highest BCUT2D eigenvalue weighted by molar-refractivity contribution is 8.15. The van der Waals surface area contributed by atoms with E-state index < -0.39 is 28.1 Å². The van der Waals surface area contributed by atoms with Crippen molar-refractivity contribution in [3.63, 3.8) is 0 Å². The number of fused-ring (bicyclic) bond motifs is 4. The largest absolute Gasteiger partial charge is 0.507 e. The fraction of sp³-hybridized carbons (Fsp3) is 0.256. The Morgan fingerprint density at radius 3 is 2.12 bits per heavy atom. The summed E-state index contributed by atoms with van der Waals surface area (Å²) < 4.78 is 79.5. The zero-order valence-electron chi connectivity index (χ0n) is 62.2. The Morgan fingerprint density at radius 2 is 1.49 bits per heavy atom. The molecule has 1 saturated heterocycles. The molecule has 22 nitrogen and oxygen atoms in total. The predicted octanol–water partition coefficient (Wildman–Crippen LogP) is 17.7. The molecule has 0 spiro atoms. The van der Waals surface area contributed by atoms with Crippen molar-refractivity contribution < 1.29 is 64.8 Å². The van der Waals surface area contributed by atoms with Gasteiger partial charge in [0.1, 0.15) is 40.8 Å². The number of phenolic OH excluding ortho intramolecular Hbond substituents is 1. The van der Waals surface area contributed by atoms with E-state index >= 15 is 0 Å². The number of thiazole rings is 1. The summed E-state index contributed by atoms with van der Waals surface area (Å²) in [6, 6.07) is 47.3. The van der Waals surface area contributed by atoms with Crippen LogP contribution >= 0.6 is 57.9 Å². The summed E-state index contributed by atoms with van der Waals surface area (Å²) in [5.41, 5.74) is 12.8. The number of phenols is 1. The Bertz CT molecular complexity index is 5300. The van der Waals surface area contributed by atoms with Gasteiger partial charge in [-0.2, -0.15) is 8.78 Å². The second-order valence-corrected chi connectivity index (χ2v) is 32.3. The molecule has 3 amide bonds. The van der Waals surface area contributed by atoms with Gasteiger partial charge < -0.3 is 44.8 Å². The van der Waals surface area contributed by atoms with Gasteiger partial charge in [0.15, 0.2) is 27.8 Å². The second kappa shape index (κ2) is 38.8. The molecule has 3 atom stereocenters. The highest BCUT2D eigenvalue weighted by atomic mass is 35.5. The Morgan fingerprint density at radius 1 is 0.804 bits per heavy atom. The van der Waals surface area contributed by atoms with Gasteiger partial charge in [-0.25, -0.2) is 13.4 Å². The average Bonchev–Trinajstić information content (AvgIpc) is 0.767. The zero-order valence-corrected chi connectivity index (χ0v) is 67.0. The zero-order chi connectivity index (χ0) is 81.2. The third-order valence-electron chi connectivity index (χ3n) is 17.6. The molecule has 14 rings (SSSR count). The van der Waals surface area contributed by atoms with E-state index in [0.29, 0.717) is 69.4 Å². The first-order chi connectivity index (χ1) is 53.3. The van der Waals surface area contributed by atoms with Crippen molar-refractivity contribution in [2.45, 2.75) is 121 Å². The molecule has 1 aliphatic carbocycles. The van der Waals surface area contributed by atoms with Crippen LogP contribution in [0.25, 0.3) is 33.1 Å². The molecular weight excluding hydrogens is 1560 g/mol. The normalized spacial score (nSPS) is 15.1. The number of pyridine rings is 1. The number of rotatable bonds is 19. The minimum atomic E-state index is -3.56. The maximum atomic E-state index is 12.6. The number of nitrogens with zero attached hydrogens (tertiary/aromatic N) is 2. The molecule has 3 aliphatic rings. The van der Waals surface area contributed by atoms with Gasteiger partial charge in [-0.05, 0) is 199 Å². The quantitative estimate of drug-likeness (QED) is 0.0123. The third-order valence-corrected chi connectivity index (χ3v) is 21.6. The van der Waals surface area contributed by atoms with E-state index in [4.69, 9.17) is 59.2 Å². The number of Topliss-reactive ketones (excluding diaryl/α,β-unsaturated/α-hetero) is 1. The first-order valence-electron chi connectivity index (χ1n) is 35.1. The molecule has 30 heteroatoms. The van der Waals surface area contributed by atoms with Crippen molar-refractivity contribution in [1.29, 1.82) is 0 Å². The predicted molar refractivity (Wildman–Crippen MR) is 439 cm³/mol. The lowest BCUT2D eigenvalue weighted by molar-refractivity contribution is -0.119. The number of halogens is 5. The van der Waals surface area contributed by atoms with E-state index in [9.17, 15) is 46.3 Å². The number of nitrogens with one attached hydrogen (secondary N) is 4. The van der Waals surface area contributed by atoms with Crippen molar-refractivity contribution in [1.82, 2.24) is 20.6 Å². The molecule has 3 aromatic heterocycles. The van der Waals surface area contributed by atoms with Gasteiger partial charge in [-0.15, -0.1) is 11.3 Å². The minimum absolute atomic E-state index is 0.00750. The summed E-state index contributed by atoms with van der Waals surface area (Å²) in [6.45, 7) is 13.7. The lowest BCUT2D eigenvalue weighted by Crippen LogP contribution is -2.46. The number of amides is 3. The van der Waals surface area contributed by atoms with Gasteiger partial charge in [0.25, 0.3) is 21.2 Å². The van der Waals surface area contributed by atoms with Crippen LogP contribution in [0.1, 0.15) is 102 Å². The van der Waals surface area contributed by atoms with Crippen LogP contribution in [-0.2, 0) is 27.7 Å². The molecule has 3 unspecified atom stereocenters. The van der Waals surface area contributed by atoms with Crippen LogP contribution in [0.5, 0.6) is 28.7 Å². The number of nitrogens with two attached hydrogens (primary N) is 3. The first kappa shape index (κ1) is 85.8. The molecule has 0 bridgehead atoms. The summed E-state index contributed by atoms with van der Waals surface area (Å²) >= 11 is 20.1. The van der Waals surface area contributed by atoms with Crippen LogP contribution in [0.2, 0.25) is 15.1 Å². The highest BCUT2D eigenvalue weighted by Gasteiger charge is 2.36. The Hall–Kier alpha value is -10.2. The molecule has 112 heavy (non-hydrogen) atoms. The molecule has 8 aromatic carbocycles. The van der Waals surface area contributed by atoms with Crippen LogP contribution in [0.3, 0.4) is 0 Å². The van der Waals surface area contributed by atoms with E-state index in [1.807, 2.05) is 146 Å². The van der Waals surface area contributed by atoms with Gasteiger partial charge in [-0.3, -0.25) is 50.7 Å². The molecule has 2 fully saturated rings. The summed E-state index contributed by atoms with van der Waals surface area (Å²) in [6.07, 6.45) is 8.40. The summed E-state index contributed by atoms with van der Waals surface area (Å²) in [5.74, 6) is 10.2. The van der Waals surface area contributed by atoms with E-state index in [2.05, 4.69) is 47.1 Å². The number of sulfonamides is 1. The molecule has 2 aliphatic heterocycles. The molecule has 5 heterocycles. The topological polar surface area (TPSA) is 342 Å². The van der Waals surface area contributed by atoms with E-state index in [1.165, 1.54) is 72.4 Å². The monoisotopic (exact) mass is 1640 g/mol. The van der Waals surface area contributed by atoms with Gasteiger partial charge in [0.05, 0.1) is 43.9 Å². The maximum absolute atomic E-state index is 12.6. The number of thioether (sulfide) groups is 1. The van der Waals surface area contributed by atoms with Crippen LogP contribution in [-0.4, -0.2) is 88.6 Å². The second-order valence-electron chi connectivity index (χ2n) is 27.3. The van der Waals surface area contributed by atoms with E-state index in [-0.39, 0.29) is 76.9 Å². The van der Waals surface area contributed by atoms with Gasteiger partial charge >= 0.3 is 6.61 Å². The van der Waals surface area contributed by atoms with Crippen molar-refractivity contribution in [3.8, 4) is 40.1 Å². The smallest absolute Gasteiger partial charge is 0.387 e. The number of aromatic hydroxyl groups is 1. The van der Waals surface area contributed by atoms with Crippen molar-refractivity contribution >= 4 is 129 Å². The molecule has 1 saturated carbocycles. The molecule has 0 radical (unpaired) electrons. The van der Waals surface area contributed by atoms with Crippen LogP contribution in [0.4, 0.5) is 30.1 Å². The number of imide groups is 1. The Kier molecular flexibility index (Phi) is 29.7. The molecule has 588 valence electrons. The number of benzene rings is 8. The minimum Gasteiger partial charge on any atom is -0.507 e. The number of ketones is 1. The molecular formula is C82H84Cl3F2N9O13S3. The fourth-order valence-corrected chi connectivity index (χ4v) is 14.9. The standard InChI is InChI=1S/C24H27NO5S.C19H12O2.C17H14Cl2F2N2O3.C13H18ClNO.C9H9N3O2S2.H4N2/c1-13-14(2)21-18(15(3)20(13)26)9-10-24(4,30-21)12-29-17-7-5-16(6-8-17)11-19-22(27)25-23(28)31-19;20-16-12-18(14-7-2-1-3-8-14)21-17-11-10-13-6-4-5-9-15(13)19(16)17;18-11-6-22-7-12(19)15(11)23-16(24)10-3-4-13(26-17(20)21)14(5-10)25-8-9-1-2-9;1-9(15-13(2,3)4)12(16)10-6-5-7-11(14)8-10;10-7-1-3-8(4-2-7)16(13,14)12-9-11-5-6-15-9;1-2/h5-8,19,26H,9-12H2,1-4H3,(H,25,27,28);1-12H;3-7,9,17H,1-2,8H2,(H,22,23,24);5-9,15H,1-4H3;1-6H,10H2,(H,11,12);1-2H2. The highest BCUT2D eigenvalue weighted by Crippen LogP contribution is 2.44. The number of hydrogen-bond acceptors (Lipinski definition) is 21. The maximum Gasteiger partial charge on any atom is 0.387 e. The fourth-order valence-electron chi connectivity index (χ4n) is 11.6. The number of aromatic nitrogens is 2. The number of alkyl halides is 2. The summed E-state index contributed by atoms with van der Waals surface area (Å²) in [7, 11) is -3.56. The number of nitrogen functional groups attached to an aromatic ring is 1. The number of carbonyl (C=O) groups excluding carboxylic acids is 4. The number of carbonyl (C=O) groups is 4. The third kappa shape index (κ3) is 23.7. The Labute approximate surface area is 670 Å². The summed E-state index contributed by atoms with van der Waals surface area (Å²) in [5, 5.41) is 23.4. The number of hydrogen-bond donors (Lipinski definition) is 8. The first-order valence-corrected chi connectivity index (χ1v) is 39.4. The number of anilines is 3. The average molecular weight is 1640 g/mol. The molecule has 11 aromatic rings. The molecule has 11 N–H and O–H groups in total. The van der Waals surface area contributed by atoms with Crippen molar-refractivity contribution in [3.05, 3.63) is 252 Å². The summed E-state index contributed by atoms with van der Waals surface area (Å²) in [4.78, 5) is 67.9. The van der Waals surface area contributed by atoms with Gasteiger partial charge in [0.2, 0.25) is 5.91 Å². The van der Waals surface area contributed by atoms with Crippen LogP contribution < -0.4 is 62.5 Å². The van der Waals surface area contributed by atoms with E-state index in [0.717, 1.165) is 93.1 Å². The van der Waals surface area contributed by atoms with Crippen LogP contribution in [0, 0.1) is 26.7 Å². The number of ether oxygens (including phenoxy) is 4. The lowest BCUT2D eigenvalue weighted by Gasteiger charge is -2.37. The van der Waals surface area contributed by atoms with Crippen molar-refractivity contribution in [2.75, 3.05) is 29.0 Å². The van der Waals surface area contributed by atoms with Gasteiger partial charge in [0, 0.05) is 68.5 Å². The lowest BCUT2D eigenvalue weighted by atomic mass is 9.87. The van der Waals surface area contributed by atoms with Gasteiger partial charge in [-0.1, -0.05) is 131 Å². The van der Waals surface area contributed by atoms with E-state index in [1.54, 1.807) is 35.7 Å².